The second-order valence-corrected chi connectivity index (χ2v) is 8.84. The number of nitrogens with zero attached hydrogens (tertiary/aromatic N) is 3. The highest BCUT2D eigenvalue weighted by Crippen LogP contribution is 2.25. The van der Waals surface area contributed by atoms with Gasteiger partial charge in [0.25, 0.3) is 0 Å². The van der Waals surface area contributed by atoms with E-state index < -0.39 is 0 Å². The molecule has 28 heavy (non-hydrogen) atoms. The third kappa shape index (κ3) is 8.04. The first-order valence-corrected chi connectivity index (χ1v) is 10.9. The van der Waals surface area contributed by atoms with Gasteiger partial charge in [0.2, 0.25) is 0 Å². The predicted molar refractivity (Wildman–Crippen MR) is 121 cm³/mol. The monoisotopic (exact) mass is 387 g/mol. The van der Waals surface area contributed by atoms with Crippen LogP contribution < -0.4 is 0 Å². The van der Waals surface area contributed by atoms with Crippen LogP contribution in [0.15, 0.2) is 47.6 Å². The maximum Gasteiger partial charge on any atom is 0.0431 e. The molecule has 4 heteroatoms. The normalized spacial score (nSPS) is 21.4. The van der Waals surface area contributed by atoms with Gasteiger partial charge in [0.15, 0.2) is 0 Å². The second kappa shape index (κ2) is 12.4. The molecule has 2 rings (SSSR count). The molecule has 0 fully saturated rings. The predicted octanol–water partition coefficient (Wildman–Crippen LogP) is 3.19. The Morgan fingerprint density at radius 2 is 1.25 bits per heavy atom. The van der Waals surface area contributed by atoms with Gasteiger partial charge in [-0.2, -0.15) is 0 Å². The average Bonchev–Trinajstić information content (AvgIpc) is 3.23. The molecule has 0 aromatic heterocycles. The fourth-order valence-corrected chi connectivity index (χ4v) is 4.16. The Hall–Kier alpha value is -1.20. The number of likely N-dealkylation sites (N-methyl/N-ethyl adjacent to an activating group) is 2. The van der Waals surface area contributed by atoms with Crippen LogP contribution in [-0.4, -0.2) is 87.3 Å². The molecule has 0 saturated carbocycles. The molecule has 2 aliphatic carbocycles. The van der Waals surface area contributed by atoms with Gasteiger partial charge in [0.1, 0.15) is 0 Å². The Balaban J connectivity index is 1.94. The van der Waals surface area contributed by atoms with Crippen LogP contribution in [0.1, 0.15) is 25.7 Å². The van der Waals surface area contributed by atoms with Crippen molar-refractivity contribution in [1.82, 2.24) is 14.7 Å². The lowest BCUT2D eigenvalue weighted by molar-refractivity contribution is 0.231. The molecule has 0 spiro atoms. The quantitative estimate of drug-likeness (QED) is 0.464. The highest BCUT2D eigenvalue weighted by atomic mass is 16.2. The zero-order valence-electron chi connectivity index (χ0n) is 18.5. The fraction of sp³-hybridized carbons (Fsp3) is 0.667. The van der Waals surface area contributed by atoms with Crippen LogP contribution in [0.5, 0.6) is 0 Å². The summed E-state index contributed by atoms with van der Waals surface area (Å²) in [6.45, 7) is 5.76. The second-order valence-electron chi connectivity index (χ2n) is 8.84. The smallest absolute Gasteiger partial charge is 0.0431 e. The topological polar surface area (TPSA) is 30.0 Å². The molecule has 2 atom stereocenters. The van der Waals surface area contributed by atoms with Crippen LogP contribution in [0.2, 0.25) is 0 Å². The standard InChI is InChI=1S/C24H41N3O/c1-25(2)17-21-11-9-13-23(21)19-27(15-7-5-6-8-16-28)20-24-14-10-12-22(24)18-26(3)4/h9-14,23-24,28H,5-8,15-20H2,1-4H3/t23-,24+. The van der Waals surface area contributed by atoms with E-state index in [0.29, 0.717) is 18.4 Å². The van der Waals surface area contributed by atoms with Gasteiger partial charge >= 0.3 is 0 Å². The van der Waals surface area contributed by atoms with E-state index in [4.69, 9.17) is 5.11 Å². The van der Waals surface area contributed by atoms with Gasteiger partial charge in [-0.3, -0.25) is 0 Å². The van der Waals surface area contributed by atoms with Crippen molar-refractivity contribution < 1.29 is 5.11 Å². The summed E-state index contributed by atoms with van der Waals surface area (Å²) in [5, 5.41) is 9.01. The molecule has 0 amide bonds. The van der Waals surface area contributed by atoms with Crippen LogP contribution in [0, 0.1) is 11.8 Å². The summed E-state index contributed by atoms with van der Waals surface area (Å²) < 4.78 is 0. The molecule has 1 N–H and O–H groups in total. The van der Waals surface area contributed by atoms with Crippen molar-refractivity contribution >= 4 is 0 Å². The summed E-state index contributed by atoms with van der Waals surface area (Å²) in [4.78, 5) is 7.21. The molecule has 2 aliphatic rings. The van der Waals surface area contributed by atoms with E-state index in [-0.39, 0.29) is 0 Å². The lowest BCUT2D eigenvalue weighted by atomic mass is 9.98. The van der Waals surface area contributed by atoms with Crippen molar-refractivity contribution in [3.63, 3.8) is 0 Å². The lowest BCUT2D eigenvalue weighted by Gasteiger charge is -2.30. The maximum absolute atomic E-state index is 9.01. The first kappa shape index (κ1) is 23.1. The Labute approximate surface area is 172 Å². The molecule has 0 radical (unpaired) electrons. The SMILES string of the molecule is CN(C)CC1=CC=C[C@@H]1CN(CCCCCCO)C[C@@H]1C=CC=C1CN(C)C. The molecule has 0 heterocycles. The number of aliphatic hydroxyl groups is 1. The largest absolute Gasteiger partial charge is 0.396 e. The lowest BCUT2D eigenvalue weighted by Crippen LogP contribution is -2.36. The molecule has 0 aliphatic heterocycles. The summed E-state index contributed by atoms with van der Waals surface area (Å²) in [6.07, 6.45) is 18.3. The Bertz CT molecular complexity index is 530. The number of aliphatic hydroxyl groups excluding tert-OH is 1. The van der Waals surface area contributed by atoms with Crippen LogP contribution in [-0.2, 0) is 0 Å². The van der Waals surface area contributed by atoms with Crippen molar-refractivity contribution in [1.29, 1.82) is 0 Å². The van der Waals surface area contributed by atoms with Gasteiger partial charge in [-0.1, -0.05) is 49.3 Å². The van der Waals surface area contributed by atoms with E-state index in [0.717, 1.165) is 45.6 Å². The molecule has 0 aromatic rings. The van der Waals surface area contributed by atoms with Crippen LogP contribution >= 0.6 is 0 Å². The van der Waals surface area contributed by atoms with E-state index in [1.807, 2.05) is 0 Å². The van der Waals surface area contributed by atoms with Crippen LogP contribution in [0.25, 0.3) is 0 Å². The number of rotatable bonds is 14. The van der Waals surface area contributed by atoms with Gasteiger partial charge in [-0.05, 0) is 58.7 Å². The minimum absolute atomic E-state index is 0.320. The van der Waals surface area contributed by atoms with Gasteiger partial charge < -0.3 is 19.8 Å². The van der Waals surface area contributed by atoms with E-state index in [1.54, 1.807) is 0 Å². The summed E-state index contributed by atoms with van der Waals surface area (Å²) in [5.41, 5.74) is 3.06. The first-order chi connectivity index (χ1) is 13.5. The zero-order valence-corrected chi connectivity index (χ0v) is 18.5. The van der Waals surface area contributed by atoms with Gasteiger partial charge in [-0.15, -0.1) is 0 Å². The van der Waals surface area contributed by atoms with Gasteiger partial charge in [-0.25, -0.2) is 0 Å². The van der Waals surface area contributed by atoms with Crippen molar-refractivity contribution in [3.8, 4) is 0 Å². The zero-order chi connectivity index (χ0) is 20.4. The third-order valence-corrected chi connectivity index (χ3v) is 5.55. The fourth-order valence-electron chi connectivity index (χ4n) is 4.16. The first-order valence-electron chi connectivity index (χ1n) is 10.9. The molecular weight excluding hydrogens is 346 g/mol. The van der Waals surface area contributed by atoms with E-state index in [1.165, 1.54) is 24.0 Å². The number of hydrogen-bond donors (Lipinski definition) is 1. The van der Waals surface area contributed by atoms with Crippen LogP contribution in [0.4, 0.5) is 0 Å². The summed E-state index contributed by atoms with van der Waals surface area (Å²) in [6, 6.07) is 0. The maximum atomic E-state index is 9.01. The highest BCUT2D eigenvalue weighted by molar-refractivity contribution is 5.30. The van der Waals surface area contributed by atoms with E-state index in [2.05, 4.69) is 79.3 Å². The Kier molecular flexibility index (Phi) is 10.2. The van der Waals surface area contributed by atoms with E-state index >= 15 is 0 Å². The number of hydrogen-bond acceptors (Lipinski definition) is 4. The molecule has 0 aromatic carbocycles. The number of unbranched alkanes of at least 4 members (excludes halogenated alkanes) is 3. The van der Waals surface area contributed by atoms with Crippen molar-refractivity contribution in [2.75, 3.05) is 67.5 Å². The summed E-state index contributed by atoms with van der Waals surface area (Å²) in [5.74, 6) is 1.07. The number of allylic oxidation sites excluding steroid dienone is 4. The van der Waals surface area contributed by atoms with Crippen molar-refractivity contribution in [2.24, 2.45) is 11.8 Å². The van der Waals surface area contributed by atoms with Gasteiger partial charge in [0, 0.05) is 44.6 Å². The molecule has 0 bridgehead atoms. The van der Waals surface area contributed by atoms with E-state index in [9.17, 15) is 0 Å². The minimum Gasteiger partial charge on any atom is -0.396 e. The summed E-state index contributed by atoms with van der Waals surface area (Å²) >= 11 is 0. The third-order valence-electron chi connectivity index (χ3n) is 5.55. The van der Waals surface area contributed by atoms with Crippen LogP contribution in [0.3, 0.4) is 0 Å². The molecule has 0 saturated heterocycles. The molecule has 4 nitrogen and oxygen atoms in total. The van der Waals surface area contributed by atoms with Crippen molar-refractivity contribution in [2.45, 2.75) is 25.7 Å². The van der Waals surface area contributed by atoms with Gasteiger partial charge in [0.05, 0.1) is 0 Å². The molecule has 158 valence electrons. The average molecular weight is 388 g/mol. The highest BCUT2D eigenvalue weighted by Gasteiger charge is 2.23. The Morgan fingerprint density at radius 1 is 0.750 bits per heavy atom. The summed E-state index contributed by atoms with van der Waals surface area (Å²) in [7, 11) is 8.60. The Morgan fingerprint density at radius 3 is 1.71 bits per heavy atom. The molecule has 0 unspecified atom stereocenters. The molecular formula is C24H41N3O. The van der Waals surface area contributed by atoms with Crippen molar-refractivity contribution in [3.05, 3.63) is 47.6 Å². The minimum atomic E-state index is 0.320.